The van der Waals surface area contributed by atoms with Crippen molar-refractivity contribution in [2.45, 2.75) is 30.3 Å². The van der Waals surface area contributed by atoms with Crippen molar-refractivity contribution in [2.75, 3.05) is 9.80 Å². The standard InChI is InChI=1S/C31H26N2O4/c34-25-15-7-13-23(17-25)32-29(36)27(21-9-3-1-4-10-21)19-31(32)20-28(22-11-5-2-6-12-22)30(37)33(31)24-14-8-16-26(35)18-24/h1-18,27-28,34-35H,19-20H2. The average molecular weight is 491 g/mol. The van der Waals surface area contributed by atoms with Crippen LogP contribution in [0.3, 0.4) is 0 Å². The summed E-state index contributed by atoms with van der Waals surface area (Å²) in [6, 6.07) is 32.4. The van der Waals surface area contributed by atoms with Crippen molar-refractivity contribution >= 4 is 23.2 Å². The van der Waals surface area contributed by atoms with Gasteiger partial charge in [0.05, 0.1) is 11.8 Å². The van der Waals surface area contributed by atoms with Gasteiger partial charge in [-0.1, -0.05) is 72.8 Å². The van der Waals surface area contributed by atoms with Gasteiger partial charge in [-0.2, -0.15) is 0 Å². The highest BCUT2D eigenvalue weighted by Gasteiger charge is 2.62. The summed E-state index contributed by atoms with van der Waals surface area (Å²) in [6.07, 6.45) is 0.743. The number of phenols is 2. The molecule has 0 aromatic heterocycles. The molecule has 1 spiro atoms. The molecule has 0 aliphatic carbocycles. The maximum atomic E-state index is 14.2. The second kappa shape index (κ2) is 8.82. The predicted octanol–water partition coefficient (Wildman–Crippen LogP) is 5.54. The zero-order valence-corrected chi connectivity index (χ0v) is 20.1. The van der Waals surface area contributed by atoms with E-state index in [9.17, 15) is 19.8 Å². The van der Waals surface area contributed by atoms with E-state index in [0.29, 0.717) is 24.2 Å². The van der Waals surface area contributed by atoms with Crippen LogP contribution < -0.4 is 9.80 Å². The van der Waals surface area contributed by atoms with E-state index >= 15 is 0 Å². The molecule has 2 aliphatic rings. The molecule has 2 aliphatic heterocycles. The molecule has 6 nitrogen and oxygen atoms in total. The number of carbonyl (C=O) groups is 2. The molecule has 2 heterocycles. The molecule has 2 fully saturated rings. The first-order valence-electron chi connectivity index (χ1n) is 12.3. The van der Waals surface area contributed by atoms with Gasteiger partial charge in [-0.05, 0) is 35.4 Å². The summed E-state index contributed by atoms with van der Waals surface area (Å²) in [5.74, 6) is -1.16. The third kappa shape index (κ3) is 3.73. The molecule has 37 heavy (non-hydrogen) atoms. The quantitative estimate of drug-likeness (QED) is 0.394. The van der Waals surface area contributed by atoms with Crippen molar-refractivity contribution in [3.63, 3.8) is 0 Å². The number of rotatable bonds is 4. The molecule has 2 unspecified atom stereocenters. The van der Waals surface area contributed by atoms with Gasteiger partial charge in [-0.15, -0.1) is 0 Å². The van der Waals surface area contributed by atoms with Crippen LogP contribution in [-0.2, 0) is 9.59 Å². The lowest BCUT2D eigenvalue weighted by molar-refractivity contribution is -0.118. The Morgan fingerprint density at radius 3 is 1.35 bits per heavy atom. The van der Waals surface area contributed by atoms with E-state index in [1.807, 2.05) is 60.7 Å². The zero-order valence-electron chi connectivity index (χ0n) is 20.1. The molecule has 6 rings (SSSR count). The van der Waals surface area contributed by atoms with Crippen molar-refractivity contribution in [3.8, 4) is 11.5 Å². The molecular formula is C31H26N2O4. The van der Waals surface area contributed by atoms with Gasteiger partial charge in [0.25, 0.3) is 0 Å². The van der Waals surface area contributed by atoms with Crippen LogP contribution in [0, 0.1) is 0 Å². The van der Waals surface area contributed by atoms with E-state index in [0.717, 1.165) is 11.1 Å². The molecule has 2 amide bonds. The number of anilines is 2. The number of benzene rings is 4. The second-order valence-corrected chi connectivity index (χ2v) is 9.70. The zero-order chi connectivity index (χ0) is 25.6. The lowest BCUT2D eigenvalue weighted by Gasteiger charge is -2.42. The number of nitrogens with zero attached hydrogens (tertiary/aromatic N) is 2. The summed E-state index contributed by atoms with van der Waals surface area (Å²) in [5, 5.41) is 20.6. The van der Waals surface area contributed by atoms with E-state index in [1.165, 1.54) is 0 Å². The summed E-state index contributed by atoms with van der Waals surface area (Å²) < 4.78 is 0. The van der Waals surface area contributed by atoms with Gasteiger partial charge < -0.3 is 10.2 Å². The number of amides is 2. The summed E-state index contributed by atoms with van der Waals surface area (Å²) in [5.41, 5.74) is 1.75. The van der Waals surface area contributed by atoms with E-state index in [4.69, 9.17) is 0 Å². The number of hydrogen-bond donors (Lipinski definition) is 2. The Bertz CT molecular complexity index is 1360. The molecule has 0 saturated carbocycles. The maximum Gasteiger partial charge on any atom is 0.236 e. The fraction of sp³-hybridized carbons (Fsp3) is 0.161. The predicted molar refractivity (Wildman–Crippen MR) is 142 cm³/mol. The SMILES string of the molecule is O=C1C(c2ccccc2)CC2(CC(c3ccccc3)C(=O)N2c2cccc(O)c2)N1c1cccc(O)c1. The minimum absolute atomic E-state index is 0.0384. The Kier molecular flexibility index (Phi) is 5.45. The van der Waals surface area contributed by atoms with Crippen LogP contribution in [0.25, 0.3) is 0 Å². The Hall–Kier alpha value is -4.58. The smallest absolute Gasteiger partial charge is 0.236 e. The first kappa shape index (κ1) is 22.9. The van der Waals surface area contributed by atoms with Crippen LogP contribution in [0.4, 0.5) is 11.4 Å². The normalized spacial score (nSPS) is 23.2. The van der Waals surface area contributed by atoms with Gasteiger partial charge in [-0.25, -0.2) is 0 Å². The highest BCUT2D eigenvalue weighted by atomic mass is 16.3. The second-order valence-electron chi connectivity index (χ2n) is 9.70. The van der Waals surface area contributed by atoms with Crippen LogP contribution in [-0.4, -0.2) is 27.7 Å². The first-order chi connectivity index (χ1) is 18.0. The minimum Gasteiger partial charge on any atom is -0.508 e. The van der Waals surface area contributed by atoms with Gasteiger partial charge in [0.2, 0.25) is 11.8 Å². The maximum absolute atomic E-state index is 14.2. The van der Waals surface area contributed by atoms with Crippen molar-refractivity contribution < 1.29 is 19.8 Å². The van der Waals surface area contributed by atoms with Crippen LogP contribution in [0.2, 0.25) is 0 Å². The first-order valence-corrected chi connectivity index (χ1v) is 12.3. The average Bonchev–Trinajstić information content (AvgIpc) is 3.37. The molecule has 4 aromatic carbocycles. The Labute approximate surface area is 215 Å². The van der Waals surface area contributed by atoms with Gasteiger partial charge >= 0.3 is 0 Å². The molecule has 2 saturated heterocycles. The fourth-order valence-electron chi connectivity index (χ4n) is 5.99. The van der Waals surface area contributed by atoms with Crippen LogP contribution in [0.1, 0.15) is 35.8 Å². The molecular weight excluding hydrogens is 464 g/mol. The molecule has 4 aromatic rings. The molecule has 0 bridgehead atoms. The molecule has 2 atom stereocenters. The van der Waals surface area contributed by atoms with E-state index in [2.05, 4.69) is 0 Å². The molecule has 6 heteroatoms. The lowest BCUT2D eigenvalue weighted by Crippen LogP contribution is -2.56. The van der Waals surface area contributed by atoms with Gasteiger partial charge in [0, 0.05) is 36.3 Å². The van der Waals surface area contributed by atoms with Crippen molar-refractivity contribution in [1.29, 1.82) is 0 Å². The summed E-state index contributed by atoms with van der Waals surface area (Å²) in [7, 11) is 0. The van der Waals surface area contributed by atoms with Crippen molar-refractivity contribution in [3.05, 3.63) is 120 Å². The van der Waals surface area contributed by atoms with E-state index in [1.54, 1.807) is 58.3 Å². The largest absolute Gasteiger partial charge is 0.508 e. The topological polar surface area (TPSA) is 81.1 Å². The molecule has 0 radical (unpaired) electrons. The fourth-order valence-corrected chi connectivity index (χ4v) is 5.99. The van der Waals surface area contributed by atoms with Gasteiger partial charge in [-0.3, -0.25) is 19.4 Å². The van der Waals surface area contributed by atoms with Crippen LogP contribution in [0.15, 0.2) is 109 Å². The summed E-state index contributed by atoms with van der Waals surface area (Å²) >= 11 is 0. The minimum atomic E-state index is -1.04. The summed E-state index contributed by atoms with van der Waals surface area (Å²) in [6.45, 7) is 0. The Morgan fingerprint density at radius 1 is 0.568 bits per heavy atom. The van der Waals surface area contributed by atoms with Crippen molar-refractivity contribution in [1.82, 2.24) is 0 Å². The van der Waals surface area contributed by atoms with Crippen LogP contribution in [0.5, 0.6) is 11.5 Å². The number of phenolic OH excluding ortho intramolecular Hbond substituents is 2. The summed E-state index contributed by atoms with van der Waals surface area (Å²) in [4.78, 5) is 31.8. The highest BCUT2D eigenvalue weighted by molar-refractivity contribution is 6.10. The van der Waals surface area contributed by atoms with Gasteiger partial charge in [0.15, 0.2) is 0 Å². The van der Waals surface area contributed by atoms with Gasteiger partial charge in [0.1, 0.15) is 17.2 Å². The van der Waals surface area contributed by atoms with Crippen molar-refractivity contribution in [2.24, 2.45) is 0 Å². The number of aromatic hydroxyl groups is 2. The molecule has 2 N–H and O–H groups in total. The number of hydrogen-bond acceptors (Lipinski definition) is 4. The Morgan fingerprint density at radius 2 is 0.973 bits per heavy atom. The monoisotopic (exact) mass is 490 g/mol. The third-order valence-electron chi connectivity index (χ3n) is 7.51. The Balaban J connectivity index is 1.58. The number of carbonyl (C=O) groups excluding carboxylic acids is 2. The van der Waals surface area contributed by atoms with Crippen LogP contribution >= 0.6 is 0 Å². The van der Waals surface area contributed by atoms with E-state index < -0.39 is 17.5 Å². The highest BCUT2D eigenvalue weighted by Crippen LogP contribution is 2.55. The van der Waals surface area contributed by atoms with E-state index in [-0.39, 0.29) is 23.3 Å². The lowest BCUT2D eigenvalue weighted by atomic mass is 9.88. The molecule has 184 valence electrons. The third-order valence-corrected chi connectivity index (χ3v) is 7.51.